The van der Waals surface area contributed by atoms with E-state index in [1.54, 1.807) is 0 Å². The summed E-state index contributed by atoms with van der Waals surface area (Å²) in [6.07, 6.45) is 9.16. The Bertz CT molecular complexity index is 1050. The van der Waals surface area contributed by atoms with Crippen molar-refractivity contribution >= 4 is 45.6 Å². The summed E-state index contributed by atoms with van der Waals surface area (Å²) in [6, 6.07) is 12.7. The maximum atomic E-state index is 13.4. The summed E-state index contributed by atoms with van der Waals surface area (Å²) in [5, 5.41) is 3.23. The number of amides is 1. The van der Waals surface area contributed by atoms with E-state index in [4.69, 9.17) is 0 Å². The number of fused-ring (bicyclic) bond motifs is 2. The molecule has 4 aliphatic rings. The molecule has 6 rings (SSSR count). The summed E-state index contributed by atoms with van der Waals surface area (Å²) < 4.78 is 1.18. The van der Waals surface area contributed by atoms with E-state index < -0.39 is 0 Å². The van der Waals surface area contributed by atoms with Gasteiger partial charge in [-0.05, 0) is 108 Å². The first-order chi connectivity index (χ1) is 15.0. The van der Waals surface area contributed by atoms with Gasteiger partial charge >= 0.3 is 0 Å². The number of hydrogen-bond acceptors (Lipinski definition) is 3. The Hall–Kier alpha value is -1.76. The van der Waals surface area contributed by atoms with Gasteiger partial charge in [-0.2, -0.15) is 0 Å². The molecule has 4 nitrogen and oxygen atoms in total. The van der Waals surface area contributed by atoms with Crippen molar-refractivity contribution < 1.29 is 4.79 Å². The van der Waals surface area contributed by atoms with E-state index in [1.807, 2.05) is 12.1 Å². The maximum absolute atomic E-state index is 13.4. The van der Waals surface area contributed by atoms with Crippen molar-refractivity contribution in [3.63, 3.8) is 0 Å². The van der Waals surface area contributed by atoms with Gasteiger partial charge in [0.15, 0.2) is 0 Å². The molecule has 2 saturated carbocycles. The van der Waals surface area contributed by atoms with Gasteiger partial charge in [-0.15, -0.1) is 0 Å². The number of carbonyl (C=O) groups excluding carboxylic acids is 1. The van der Waals surface area contributed by atoms with Crippen LogP contribution < -0.4 is 15.1 Å². The molecule has 5 heteroatoms. The van der Waals surface area contributed by atoms with Gasteiger partial charge in [-0.1, -0.05) is 6.42 Å². The summed E-state index contributed by atoms with van der Waals surface area (Å²) in [5.41, 5.74) is 6.51. The summed E-state index contributed by atoms with van der Waals surface area (Å²) in [7, 11) is 2.19. The van der Waals surface area contributed by atoms with Gasteiger partial charge < -0.3 is 15.1 Å². The molecule has 2 spiro atoms. The molecule has 1 saturated heterocycles. The van der Waals surface area contributed by atoms with Crippen LogP contribution in [0.5, 0.6) is 0 Å². The summed E-state index contributed by atoms with van der Waals surface area (Å²) >= 11 is 2.36. The van der Waals surface area contributed by atoms with Crippen molar-refractivity contribution in [2.24, 2.45) is 5.41 Å². The number of nitrogens with zero attached hydrogens (tertiary/aromatic N) is 2. The van der Waals surface area contributed by atoms with E-state index in [0.29, 0.717) is 10.8 Å². The summed E-state index contributed by atoms with van der Waals surface area (Å²) in [6.45, 7) is 3.24. The van der Waals surface area contributed by atoms with Crippen LogP contribution in [-0.4, -0.2) is 32.6 Å². The standard InChI is InChI=1S/C26H30IN3O/c1-29-17-26(7-2-8-26)21-16-19(4-6-22(21)29)28-24(31)20-5-3-18(27)15-23(20)30-13-11-25(9-10-25)12-14-30/h3-6,15-16H,2,7-14,17H2,1H3,(H,28,31). The van der Waals surface area contributed by atoms with Gasteiger partial charge in [0.25, 0.3) is 5.91 Å². The number of piperidine rings is 1. The largest absolute Gasteiger partial charge is 0.373 e. The van der Waals surface area contributed by atoms with E-state index in [2.05, 4.69) is 69.0 Å². The highest BCUT2D eigenvalue weighted by Gasteiger charge is 2.46. The monoisotopic (exact) mass is 527 g/mol. The molecule has 0 radical (unpaired) electrons. The molecule has 162 valence electrons. The zero-order valence-electron chi connectivity index (χ0n) is 18.2. The minimum atomic E-state index is 0.00655. The Kier molecular flexibility index (Phi) is 4.57. The van der Waals surface area contributed by atoms with Crippen molar-refractivity contribution in [3.05, 3.63) is 51.1 Å². The lowest BCUT2D eigenvalue weighted by Gasteiger charge is -2.39. The number of rotatable bonds is 3. The van der Waals surface area contributed by atoms with Crippen LogP contribution in [-0.2, 0) is 5.41 Å². The van der Waals surface area contributed by atoms with E-state index in [-0.39, 0.29) is 5.91 Å². The van der Waals surface area contributed by atoms with E-state index in [9.17, 15) is 4.79 Å². The fourth-order valence-corrected chi connectivity index (χ4v) is 6.56. The minimum absolute atomic E-state index is 0.00655. The van der Waals surface area contributed by atoms with E-state index in [1.165, 1.54) is 59.8 Å². The molecule has 3 fully saturated rings. The third-order valence-corrected chi connectivity index (χ3v) is 9.08. The molecule has 0 aromatic heterocycles. The zero-order valence-corrected chi connectivity index (χ0v) is 20.4. The lowest BCUT2D eigenvalue weighted by atomic mass is 9.66. The number of carbonyl (C=O) groups is 1. The first-order valence-electron chi connectivity index (χ1n) is 11.7. The average Bonchev–Trinajstić information content (AvgIpc) is 3.42. The summed E-state index contributed by atoms with van der Waals surface area (Å²) in [4.78, 5) is 18.2. The van der Waals surface area contributed by atoms with Gasteiger partial charge in [0.1, 0.15) is 0 Å². The van der Waals surface area contributed by atoms with Gasteiger partial charge in [-0.3, -0.25) is 4.79 Å². The van der Waals surface area contributed by atoms with Crippen LogP contribution in [0.2, 0.25) is 0 Å². The normalized spacial score (nSPS) is 22.4. The predicted molar refractivity (Wildman–Crippen MR) is 135 cm³/mol. The fourth-order valence-electron chi connectivity index (χ4n) is 6.08. The third-order valence-electron chi connectivity index (χ3n) is 8.41. The van der Waals surface area contributed by atoms with Crippen LogP contribution in [0.1, 0.15) is 60.9 Å². The smallest absolute Gasteiger partial charge is 0.257 e. The van der Waals surface area contributed by atoms with Crippen LogP contribution in [0.25, 0.3) is 0 Å². The summed E-state index contributed by atoms with van der Waals surface area (Å²) in [5.74, 6) is 0.00655. The maximum Gasteiger partial charge on any atom is 0.257 e. The molecule has 0 bridgehead atoms. The van der Waals surface area contributed by atoms with Crippen LogP contribution in [0.15, 0.2) is 36.4 Å². The van der Waals surface area contributed by atoms with Crippen LogP contribution in [0, 0.1) is 8.99 Å². The highest BCUT2D eigenvalue weighted by molar-refractivity contribution is 14.1. The second-order valence-corrected chi connectivity index (χ2v) is 11.6. The van der Waals surface area contributed by atoms with Crippen molar-refractivity contribution in [2.75, 3.05) is 41.8 Å². The SMILES string of the molecule is CN1CC2(CCC2)c2cc(NC(=O)c3ccc(I)cc3N3CCC4(CC3)CC4)ccc21. The number of likely N-dealkylation sites (N-methyl/N-ethyl adjacent to an activating group) is 1. The van der Waals surface area contributed by atoms with Crippen molar-refractivity contribution in [1.82, 2.24) is 0 Å². The Morgan fingerprint density at radius 3 is 2.42 bits per heavy atom. The molecular weight excluding hydrogens is 497 g/mol. The molecular formula is C26H30IN3O. The first-order valence-corrected chi connectivity index (χ1v) is 12.8. The number of nitrogens with one attached hydrogen (secondary N) is 1. The molecule has 2 aliphatic heterocycles. The third kappa shape index (κ3) is 3.35. The molecule has 1 amide bonds. The molecule has 2 aromatic carbocycles. The Morgan fingerprint density at radius 2 is 1.74 bits per heavy atom. The topological polar surface area (TPSA) is 35.6 Å². The highest BCUT2D eigenvalue weighted by Crippen LogP contribution is 2.54. The lowest BCUT2D eigenvalue weighted by Crippen LogP contribution is -2.38. The minimum Gasteiger partial charge on any atom is -0.373 e. The van der Waals surface area contributed by atoms with Crippen molar-refractivity contribution in [1.29, 1.82) is 0 Å². The fraction of sp³-hybridized carbons (Fsp3) is 0.500. The van der Waals surface area contributed by atoms with Gasteiger partial charge in [0, 0.05) is 47.0 Å². The van der Waals surface area contributed by atoms with Crippen LogP contribution in [0.3, 0.4) is 0 Å². The van der Waals surface area contributed by atoms with Crippen LogP contribution in [0.4, 0.5) is 17.1 Å². The number of hydrogen-bond donors (Lipinski definition) is 1. The van der Waals surface area contributed by atoms with Crippen molar-refractivity contribution in [3.8, 4) is 0 Å². The Morgan fingerprint density at radius 1 is 0.968 bits per heavy atom. The molecule has 0 unspecified atom stereocenters. The van der Waals surface area contributed by atoms with E-state index >= 15 is 0 Å². The molecule has 0 atom stereocenters. The lowest BCUT2D eigenvalue weighted by molar-refractivity contribution is 0.102. The van der Waals surface area contributed by atoms with Crippen molar-refractivity contribution in [2.45, 2.75) is 50.4 Å². The predicted octanol–water partition coefficient (Wildman–Crippen LogP) is 5.80. The molecule has 2 aromatic rings. The average molecular weight is 527 g/mol. The zero-order chi connectivity index (χ0) is 21.2. The number of benzene rings is 2. The van der Waals surface area contributed by atoms with Gasteiger partial charge in [0.2, 0.25) is 0 Å². The Labute approximate surface area is 198 Å². The quantitative estimate of drug-likeness (QED) is 0.513. The van der Waals surface area contributed by atoms with E-state index in [0.717, 1.165) is 36.6 Å². The number of anilines is 3. The van der Waals surface area contributed by atoms with Gasteiger partial charge in [0.05, 0.1) is 11.3 Å². The molecule has 2 aliphatic carbocycles. The first kappa shape index (κ1) is 19.9. The molecule has 31 heavy (non-hydrogen) atoms. The highest BCUT2D eigenvalue weighted by atomic mass is 127. The number of halogens is 1. The second kappa shape index (κ2) is 7.12. The Balaban J connectivity index is 1.26. The molecule has 2 heterocycles. The molecule has 1 N–H and O–H groups in total. The second-order valence-electron chi connectivity index (χ2n) is 10.3. The van der Waals surface area contributed by atoms with Crippen LogP contribution >= 0.6 is 22.6 Å². The van der Waals surface area contributed by atoms with Gasteiger partial charge in [-0.25, -0.2) is 0 Å².